The van der Waals surface area contributed by atoms with Gasteiger partial charge >= 0.3 is 0 Å². The summed E-state index contributed by atoms with van der Waals surface area (Å²) in [5.41, 5.74) is 11.0. The molecule has 164 valence electrons. The minimum atomic E-state index is -0.414. The standard InChI is InChI=1S/C25H27N5O2/c1-17-20(18(2)30-25(27-17)21-10-6-7-11-22(21)28-30)12-13-24(32)29(15-14-23(26)31)16-19-8-4-3-5-9-19/h3-11H,12-16H2,1-2H3,(H2,26,31). The summed E-state index contributed by atoms with van der Waals surface area (Å²) in [6, 6.07) is 17.7. The average Bonchev–Trinajstić information content (AvgIpc) is 3.15. The smallest absolute Gasteiger partial charge is 0.223 e. The van der Waals surface area contributed by atoms with E-state index in [0.29, 0.717) is 25.9 Å². The molecule has 0 bridgehead atoms. The molecule has 0 aliphatic heterocycles. The minimum Gasteiger partial charge on any atom is -0.370 e. The van der Waals surface area contributed by atoms with Crippen LogP contribution in [-0.4, -0.2) is 37.9 Å². The van der Waals surface area contributed by atoms with Crippen LogP contribution in [0.15, 0.2) is 54.6 Å². The van der Waals surface area contributed by atoms with E-state index in [1.807, 2.05) is 73.0 Å². The summed E-state index contributed by atoms with van der Waals surface area (Å²) in [7, 11) is 0. The van der Waals surface area contributed by atoms with Crippen LogP contribution in [0.2, 0.25) is 0 Å². The van der Waals surface area contributed by atoms with Gasteiger partial charge in [-0.25, -0.2) is 9.50 Å². The number of hydrogen-bond acceptors (Lipinski definition) is 4. The van der Waals surface area contributed by atoms with E-state index in [4.69, 9.17) is 15.8 Å². The predicted molar refractivity (Wildman–Crippen MR) is 124 cm³/mol. The van der Waals surface area contributed by atoms with E-state index in [-0.39, 0.29) is 12.3 Å². The third-order valence-electron chi connectivity index (χ3n) is 5.80. The number of nitrogens with zero attached hydrogens (tertiary/aromatic N) is 4. The van der Waals surface area contributed by atoms with Crippen LogP contribution < -0.4 is 5.73 Å². The predicted octanol–water partition coefficient (Wildman–Crippen LogP) is 3.34. The summed E-state index contributed by atoms with van der Waals surface area (Å²) in [6.07, 6.45) is 1.02. The SMILES string of the molecule is Cc1nc2c3ccccc3nn2c(C)c1CCC(=O)N(CCC(N)=O)Cc1ccccc1. The Morgan fingerprint density at radius 3 is 2.47 bits per heavy atom. The lowest BCUT2D eigenvalue weighted by Gasteiger charge is -2.23. The molecule has 2 aromatic carbocycles. The molecule has 2 heterocycles. The molecule has 0 fully saturated rings. The number of aromatic nitrogens is 3. The first-order chi connectivity index (χ1) is 15.4. The Hall–Kier alpha value is -3.74. The quantitative estimate of drug-likeness (QED) is 0.465. The zero-order valence-corrected chi connectivity index (χ0v) is 18.4. The van der Waals surface area contributed by atoms with Gasteiger partial charge < -0.3 is 10.6 Å². The highest BCUT2D eigenvalue weighted by molar-refractivity contribution is 5.92. The van der Waals surface area contributed by atoms with E-state index < -0.39 is 5.91 Å². The van der Waals surface area contributed by atoms with Crippen LogP contribution >= 0.6 is 0 Å². The van der Waals surface area contributed by atoms with Gasteiger partial charge in [0.1, 0.15) is 0 Å². The van der Waals surface area contributed by atoms with Crippen LogP contribution in [0.4, 0.5) is 0 Å². The van der Waals surface area contributed by atoms with Gasteiger partial charge in [-0.2, -0.15) is 5.10 Å². The van der Waals surface area contributed by atoms with Gasteiger partial charge in [-0.3, -0.25) is 9.59 Å². The summed E-state index contributed by atoms with van der Waals surface area (Å²) in [5.74, 6) is -0.428. The number of rotatable bonds is 8. The second-order valence-corrected chi connectivity index (χ2v) is 8.03. The van der Waals surface area contributed by atoms with Crippen molar-refractivity contribution in [1.29, 1.82) is 0 Å². The van der Waals surface area contributed by atoms with Gasteiger partial charge in [-0.1, -0.05) is 42.5 Å². The summed E-state index contributed by atoms with van der Waals surface area (Å²) in [6.45, 7) is 4.75. The first kappa shape index (κ1) is 21.5. The normalized spacial score (nSPS) is 11.2. The summed E-state index contributed by atoms with van der Waals surface area (Å²) < 4.78 is 1.87. The number of carbonyl (C=O) groups is 2. The van der Waals surface area contributed by atoms with Crippen molar-refractivity contribution in [3.8, 4) is 0 Å². The molecule has 0 spiro atoms. The third-order valence-corrected chi connectivity index (χ3v) is 5.80. The van der Waals surface area contributed by atoms with E-state index in [9.17, 15) is 9.59 Å². The van der Waals surface area contributed by atoms with Crippen molar-refractivity contribution in [1.82, 2.24) is 19.5 Å². The summed E-state index contributed by atoms with van der Waals surface area (Å²) in [4.78, 5) is 30.9. The van der Waals surface area contributed by atoms with Crippen molar-refractivity contribution in [2.75, 3.05) is 6.54 Å². The van der Waals surface area contributed by atoms with E-state index in [0.717, 1.165) is 39.1 Å². The van der Waals surface area contributed by atoms with E-state index >= 15 is 0 Å². The van der Waals surface area contributed by atoms with Crippen molar-refractivity contribution >= 4 is 28.4 Å². The highest BCUT2D eigenvalue weighted by Crippen LogP contribution is 2.23. The number of fused-ring (bicyclic) bond motifs is 3. The van der Waals surface area contributed by atoms with Crippen LogP contribution in [0.3, 0.4) is 0 Å². The third kappa shape index (κ3) is 4.46. The number of carbonyl (C=O) groups excluding carboxylic acids is 2. The fourth-order valence-corrected chi connectivity index (χ4v) is 4.07. The number of hydrogen-bond donors (Lipinski definition) is 1. The Bertz CT molecular complexity index is 1280. The Morgan fingerprint density at radius 2 is 1.72 bits per heavy atom. The van der Waals surface area contributed by atoms with Crippen LogP contribution in [-0.2, 0) is 22.6 Å². The lowest BCUT2D eigenvalue weighted by atomic mass is 10.1. The Balaban J connectivity index is 1.55. The van der Waals surface area contributed by atoms with Crippen molar-refractivity contribution in [2.45, 2.75) is 39.7 Å². The molecule has 0 aliphatic rings. The maximum absolute atomic E-state index is 13.1. The summed E-state index contributed by atoms with van der Waals surface area (Å²) in [5, 5.41) is 5.71. The minimum absolute atomic E-state index is 0.0142. The molecule has 0 aliphatic carbocycles. The number of benzene rings is 2. The zero-order chi connectivity index (χ0) is 22.7. The number of aryl methyl sites for hydroxylation is 2. The van der Waals surface area contributed by atoms with Gasteiger partial charge in [0.2, 0.25) is 11.8 Å². The van der Waals surface area contributed by atoms with Crippen molar-refractivity contribution in [2.24, 2.45) is 5.73 Å². The first-order valence-corrected chi connectivity index (χ1v) is 10.8. The average molecular weight is 430 g/mol. The van der Waals surface area contributed by atoms with Crippen molar-refractivity contribution in [3.05, 3.63) is 77.1 Å². The van der Waals surface area contributed by atoms with Crippen LogP contribution in [0.5, 0.6) is 0 Å². The number of amides is 2. The van der Waals surface area contributed by atoms with Gasteiger partial charge in [-0.15, -0.1) is 0 Å². The van der Waals surface area contributed by atoms with Gasteiger partial charge in [0.05, 0.1) is 5.52 Å². The van der Waals surface area contributed by atoms with Gasteiger partial charge in [0.25, 0.3) is 0 Å². The largest absolute Gasteiger partial charge is 0.370 e. The molecule has 32 heavy (non-hydrogen) atoms. The Kier molecular flexibility index (Phi) is 6.16. The highest BCUT2D eigenvalue weighted by atomic mass is 16.2. The zero-order valence-electron chi connectivity index (χ0n) is 18.4. The molecule has 0 saturated carbocycles. The van der Waals surface area contributed by atoms with Gasteiger partial charge in [0, 0.05) is 42.7 Å². The molecule has 2 amide bonds. The molecule has 0 saturated heterocycles. The van der Waals surface area contributed by atoms with E-state index in [1.165, 1.54) is 0 Å². The van der Waals surface area contributed by atoms with E-state index in [1.54, 1.807) is 4.90 Å². The fraction of sp³-hybridized carbons (Fsp3) is 0.280. The van der Waals surface area contributed by atoms with Gasteiger partial charge in [0.15, 0.2) is 5.65 Å². The molecule has 0 radical (unpaired) electrons. The number of primary amides is 1. The van der Waals surface area contributed by atoms with Crippen molar-refractivity contribution < 1.29 is 9.59 Å². The Labute approximate surface area is 186 Å². The monoisotopic (exact) mass is 429 g/mol. The Morgan fingerprint density at radius 1 is 1.00 bits per heavy atom. The highest BCUT2D eigenvalue weighted by Gasteiger charge is 2.18. The second kappa shape index (κ2) is 9.18. The molecular formula is C25H27N5O2. The molecule has 2 N–H and O–H groups in total. The molecule has 0 unspecified atom stereocenters. The number of nitrogens with two attached hydrogens (primary N) is 1. The second-order valence-electron chi connectivity index (χ2n) is 8.03. The molecule has 0 atom stereocenters. The topological polar surface area (TPSA) is 93.6 Å². The van der Waals surface area contributed by atoms with Crippen LogP contribution in [0.25, 0.3) is 16.6 Å². The molecule has 7 heteroatoms. The summed E-state index contributed by atoms with van der Waals surface area (Å²) >= 11 is 0. The lowest BCUT2D eigenvalue weighted by molar-refractivity contribution is -0.132. The van der Waals surface area contributed by atoms with Crippen molar-refractivity contribution in [3.63, 3.8) is 0 Å². The maximum Gasteiger partial charge on any atom is 0.223 e. The lowest BCUT2D eigenvalue weighted by Crippen LogP contribution is -2.34. The fourth-order valence-electron chi connectivity index (χ4n) is 4.07. The van der Waals surface area contributed by atoms with E-state index in [2.05, 4.69) is 0 Å². The molecule has 4 rings (SSSR count). The molecule has 2 aromatic heterocycles. The first-order valence-electron chi connectivity index (χ1n) is 10.8. The molecule has 4 aromatic rings. The molecular weight excluding hydrogens is 402 g/mol. The van der Waals surface area contributed by atoms with Crippen LogP contribution in [0, 0.1) is 13.8 Å². The molecule has 7 nitrogen and oxygen atoms in total. The maximum atomic E-state index is 13.1. The van der Waals surface area contributed by atoms with Gasteiger partial charge in [-0.05, 0) is 43.5 Å². The van der Waals surface area contributed by atoms with Crippen LogP contribution in [0.1, 0.15) is 35.4 Å².